The molecule has 0 bridgehead atoms. The highest BCUT2D eigenvalue weighted by molar-refractivity contribution is 5.94. The van der Waals surface area contributed by atoms with Crippen LogP contribution in [0.1, 0.15) is 42.5 Å². The van der Waals surface area contributed by atoms with Gasteiger partial charge in [-0.1, -0.05) is 18.9 Å². The number of ether oxygens (including phenoxy) is 1. The maximum atomic E-state index is 13.4. The zero-order valence-electron chi connectivity index (χ0n) is 17.2. The number of carbonyl (C=O) groups excluding carboxylic acids is 2. The first-order chi connectivity index (χ1) is 14.1. The molecule has 29 heavy (non-hydrogen) atoms. The molecule has 0 unspecified atom stereocenters. The highest BCUT2D eigenvalue weighted by Crippen LogP contribution is 2.31. The van der Waals surface area contributed by atoms with Crippen molar-refractivity contribution in [3.63, 3.8) is 0 Å². The van der Waals surface area contributed by atoms with E-state index in [1.807, 2.05) is 0 Å². The number of piperazine rings is 1. The molecule has 1 heterocycles. The van der Waals surface area contributed by atoms with Gasteiger partial charge in [0.05, 0.1) is 6.04 Å². The molecule has 1 aromatic rings. The largest absolute Gasteiger partial charge is 0.385 e. The lowest BCUT2D eigenvalue weighted by Crippen LogP contribution is -2.58. The first-order valence-corrected chi connectivity index (χ1v) is 10.7. The van der Waals surface area contributed by atoms with Crippen LogP contribution in [0.4, 0.5) is 4.39 Å². The molecule has 1 atom stereocenters. The second-order valence-corrected chi connectivity index (χ2v) is 7.97. The van der Waals surface area contributed by atoms with E-state index in [-0.39, 0.29) is 17.9 Å². The second-order valence-electron chi connectivity index (χ2n) is 7.97. The SMILES string of the molecule is COCCCNC(=O)[C@H](C1CCCC1)N1CCN(C(=O)c2cccc(F)c2)CC1. The lowest BCUT2D eigenvalue weighted by atomic mass is 9.95. The Morgan fingerprint density at radius 1 is 1.21 bits per heavy atom. The summed E-state index contributed by atoms with van der Waals surface area (Å²) in [6.45, 7) is 3.68. The van der Waals surface area contributed by atoms with Crippen molar-refractivity contribution in [3.05, 3.63) is 35.6 Å². The molecule has 2 aliphatic rings. The number of amides is 2. The minimum atomic E-state index is -0.402. The molecule has 1 aromatic carbocycles. The second kappa shape index (κ2) is 10.7. The Hall–Kier alpha value is -1.99. The average molecular weight is 406 g/mol. The highest BCUT2D eigenvalue weighted by Gasteiger charge is 2.37. The summed E-state index contributed by atoms with van der Waals surface area (Å²) in [4.78, 5) is 29.6. The van der Waals surface area contributed by atoms with Crippen molar-refractivity contribution in [1.29, 1.82) is 0 Å². The molecule has 7 heteroatoms. The third-order valence-electron chi connectivity index (χ3n) is 6.01. The van der Waals surface area contributed by atoms with Gasteiger partial charge >= 0.3 is 0 Å². The molecule has 1 saturated carbocycles. The molecule has 2 fully saturated rings. The molecule has 6 nitrogen and oxygen atoms in total. The van der Waals surface area contributed by atoms with Crippen molar-refractivity contribution in [2.75, 3.05) is 46.4 Å². The summed E-state index contributed by atoms with van der Waals surface area (Å²) in [7, 11) is 1.66. The minimum absolute atomic E-state index is 0.0953. The normalized spacial score (nSPS) is 19.3. The summed E-state index contributed by atoms with van der Waals surface area (Å²) in [6, 6.07) is 5.69. The number of rotatable bonds is 8. The summed E-state index contributed by atoms with van der Waals surface area (Å²) in [5, 5.41) is 3.07. The van der Waals surface area contributed by atoms with Gasteiger partial charge in [0.25, 0.3) is 5.91 Å². The minimum Gasteiger partial charge on any atom is -0.385 e. The summed E-state index contributed by atoms with van der Waals surface area (Å²) in [5.41, 5.74) is 0.377. The quantitative estimate of drug-likeness (QED) is 0.674. The standard InChI is InChI=1S/C22H32FN3O3/c1-29-15-5-10-24-21(27)20(17-6-2-3-7-17)25-11-13-26(14-12-25)22(28)18-8-4-9-19(23)16-18/h4,8-9,16-17,20H,2-3,5-7,10-15H2,1H3,(H,24,27)/t20-/m0/s1. The van der Waals surface area contributed by atoms with Crippen LogP contribution in [0, 0.1) is 11.7 Å². The van der Waals surface area contributed by atoms with E-state index in [1.165, 1.54) is 25.0 Å². The Labute approximate surface area is 172 Å². The molecule has 160 valence electrons. The van der Waals surface area contributed by atoms with Crippen LogP contribution in [0.5, 0.6) is 0 Å². The zero-order valence-corrected chi connectivity index (χ0v) is 17.2. The van der Waals surface area contributed by atoms with Gasteiger partial charge in [0.1, 0.15) is 5.82 Å². The third-order valence-corrected chi connectivity index (χ3v) is 6.01. The van der Waals surface area contributed by atoms with E-state index < -0.39 is 5.82 Å². The number of methoxy groups -OCH3 is 1. The van der Waals surface area contributed by atoms with Crippen molar-refractivity contribution in [2.45, 2.75) is 38.1 Å². The molecular formula is C22H32FN3O3. The van der Waals surface area contributed by atoms with Crippen LogP contribution in [0.15, 0.2) is 24.3 Å². The van der Waals surface area contributed by atoms with Crippen molar-refractivity contribution in [3.8, 4) is 0 Å². The highest BCUT2D eigenvalue weighted by atomic mass is 19.1. The number of nitrogens with one attached hydrogen (secondary N) is 1. The van der Waals surface area contributed by atoms with Gasteiger partial charge in [0, 0.05) is 52.0 Å². The smallest absolute Gasteiger partial charge is 0.254 e. The average Bonchev–Trinajstić information content (AvgIpc) is 3.26. The maximum Gasteiger partial charge on any atom is 0.254 e. The Bertz CT molecular complexity index is 686. The summed E-state index contributed by atoms with van der Waals surface area (Å²) in [6.07, 6.45) is 5.32. The number of hydrogen-bond donors (Lipinski definition) is 1. The van der Waals surface area contributed by atoms with Gasteiger partial charge in [0.2, 0.25) is 5.91 Å². The summed E-state index contributed by atoms with van der Waals surface area (Å²) >= 11 is 0. The maximum absolute atomic E-state index is 13.4. The van der Waals surface area contributed by atoms with Gasteiger partial charge in [0.15, 0.2) is 0 Å². The van der Waals surface area contributed by atoms with Gasteiger partial charge in [-0.05, 0) is 43.4 Å². The van der Waals surface area contributed by atoms with Gasteiger partial charge in [-0.3, -0.25) is 14.5 Å². The Morgan fingerprint density at radius 2 is 1.93 bits per heavy atom. The van der Waals surface area contributed by atoms with E-state index in [1.54, 1.807) is 24.1 Å². The van der Waals surface area contributed by atoms with Crippen LogP contribution in [0.25, 0.3) is 0 Å². The first kappa shape index (κ1) is 21.7. The molecule has 3 rings (SSSR count). The molecule has 0 spiro atoms. The van der Waals surface area contributed by atoms with Crippen molar-refractivity contribution >= 4 is 11.8 Å². The van der Waals surface area contributed by atoms with E-state index in [9.17, 15) is 14.0 Å². The van der Waals surface area contributed by atoms with E-state index in [0.29, 0.717) is 50.8 Å². The summed E-state index contributed by atoms with van der Waals surface area (Å²) in [5.74, 6) is -0.0766. The topological polar surface area (TPSA) is 61.9 Å². The fraction of sp³-hybridized carbons (Fsp3) is 0.636. The lowest BCUT2D eigenvalue weighted by Gasteiger charge is -2.40. The predicted octanol–water partition coefficient (Wildman–Crippen LogP) is 2.30. The lowest BCUT2D eigenvalue weighted by molar-refractivity contribution is -0.129. The van der Waals surface area contributed by atoms with E-state index >= 15 is 0 Å². The van der Waals surface area contributed by atoms with Crippen molar-refractivity contribution in [1.82, 2.24) is 15.1 Å². The predicted molar refractivity (Wildman–Crippen MR) is 109 cm³/mol. The van der Waals surface area contributed by atoms with Gasteiger partial charge < -0.3 is 15.0 Å². The fourth-order valence-electron chi connectivity index (χ4n) is 4.49. The van der Waals surface area contributed by atoms with Crippen LogP contribution in [0.2, 0.25) is 0 Å². The van der Waals surface area contributed by atoms with Crippen LogP contribution >= 0.6 is 0 Å². The van der Waals surface area contributed by atoms with E-state index in [2.05, 4.69) is 10.2 Å². The Balaban J connectivity index is 1.59. The van der Waals surface area contributed by atoms with Crippen LogP contribution in [-0.4, -0.2) is 74.1 Å². The molecule has 0 radical (unpaired) electrons. The number of nitrogens with zero attached hydrogens (tertiary/aromatic N) is 2. The van der Waals surface area contributed by atoms with Gasteiger partial charge in [-0.15, -0.1) is 0 Å². The van der Waals surface area contributed by atoms with Crippen LogP contribution in [0.3, 0.4) is 0 Å². The van der Waals surface area contributed by atoms with Gasteiger partial charge in [-0.2, -0.15) is 0 Å². The monoisotopic (exact) mass is 405 g/mol. The molecule has 1 aliphatic heterocycles. The van der Waals surface area contributed by atoms with Crippen molar-refractivity contribution < 1.29 is 18.7 Å². The molecule has 2 amide bonds. The molecule has 0 aromatic heterocycles. The van der Waals surface area contributed by atoms with E-state index in [0.717, 1.165) is 19.3 Å². The Kier molecular flexibility index (Phi) is 8.00. The van der Waals surface area contributed by atoms with Crippen LogP contribution < -0.4 is 5.32 Å². The molecule has 1 N–H and O–H groups in total. The number of carbonyl (C=O) groups is 2. The fourth-order valence-corrected chi connectivity index (χ4v) is 4.49. The molecular weight excluding hydrogens is 373 g/mol. The van der Waals surface area contributed by atoms with Crippen LogP contribution in [-0.2, 0) is 9.53 Å². The number of benzene rings is 1. The summed E-state index contributed by atoms with van der Waals surface area (Å²) < 4.78 is 18.5. The van der Waals surface area contributed by atoms with E-state index in [4.69, 9.17) is 4.74 Å². The van der Waals surface area contributed by atoms with Crippen molar-refractivity contribution in [2.24, 2.45) is 5.92 Å². The van der Waals surface area contributed by atoms with Gasteiger partial charge in [-0.25, -0.2) is 4.39 Å². The third kappa shape index (κ3) is 5.76. The molecule has 1 saturated heterocycles. The number of halogens is 1. The number of hydrogen-bond acceptors (Lipinski definition) is 4. The first-order valence-electron chi connectivity index (χ1n) is 10.7. The molecule has 1 aliphatic carbocycles. The zero-order chi connectivity index (χ0) is 20.6. The Morgan fingerprint density at radius 3 is 2.59 bits per heavy atom.